The lowest BCUT2D eigenvalue weighted by Gasteiger charge is -2.38. The third-order valence-corrected chi connectivity index (χ3v) is 6.57. The number of likely N-dealkylation sites (tertiary alicyclic amines) is 1. The molecule has 1 fully saturated rings. The summed E-state index contributed by atoms with van der Waals surface area (Å²) >= 11 is 3.27. The second-order valence-corrected chi connectivity index (χ2v) is 7.97. The number of nitrogens with zero attached hydrogens (tertiary/aromatic N) is 1. The molecule has 2 atom stereocenters. The number of rotatable bonds is 4. The SMILES string of the molecule is O=C(CBr)C1CCN(C(=O)O)C(CC2c3ccccc3-c3ccccc32)C1. The van der Waals surface area contributed by atoms with Crippen LogP contribution in [0.4, 0.5) is 4.79 Å². The number of benzene rings is 2. The van der Waals surface area contributed by atoms with Gasteiger partial charge < -0.3 is 10.0 Å². The molecule has 27 heavy (non-hydrogen) atoms. The number of halogens is 1. The average Bonchev–Trinajstić information content (AvgIpc) is 3.01. The number of amides is 1. The summed E-state index contributed by atoms with van der Waals surface area (Å²) in [6.45, 7) is 0.430. The molecule has 1 N–H and O–H groups in total. The van der Waals surface area contributed by atoms with Gasteiger partial charge in [-0.25, -0.2) is 4.79 Å². The second kappa shape index (κ2) is 7.47. The molecule has 1 saturated heterocycles. The van der Waals surface area contributed by atoms with Crippen LogP contribution in [0.1, 0.15) is 36.3 Å². The normalized spacial score (nSPS) is 21.6. The first-order chi connectivity index (χ1) is 13.1. The molecule has 1 heterocycles. The summed E-state index contributed by atoms with van der Waals surface area (Å²) in [5.74, 6) is 0.288. The van der Waals surface area contributed by atoms with Crippen LogP contribution in [-0.2, 0) is 4.79 Å². The molecule has 0 saturated carbocycles. The zero-order chi connectivity index (χ0) is 19.0. The molecule has 4 nitrogen and oxygen atoms in total. The summed E-state index contributed by atoms with van der Waals surface area (Å²) in [6, 6.07) is 16.6. The standard InChI is InChI=1S/C22H22BrNO3/c23-13-21(25)14-9-10-24(22(26)27)15(11-14)12-20-18-7-3-1-5-16(18)17-6-2-4-8-19(17)20/h1-8,14-15,20H,9-13H2,(H,26,27). The Kier molecular flexibility index (Phi) is 5.04. The molecule has 1 aliphatic heterocycles. The van der Waals surface area contributed by atoms with E-state index < -0.39 is 6.09 Å². The van der Waals surface area contributed by atoms with Gasteiger partial charge in [-0.15, -0.1) is 0 Å². The number of hydrogen-bond acceptors (Lipinski definition) is 2. The van der Waals surface area contributed by atoms with Crippen LogP contribution in [0, 0.1) is 5.92 Å². The van der Waals surface area contributed by atoms with E-state index in [0.717, 1.165) is 0 Å². The zero-order valence-corrected chi connectivity index (χ0v) is 16.6. The van der Waals surface area contributed by atoms with Gasteiger partial charge >= 0.3 is 6.09 Å². The number of hydrogen-bond donors (Lipinski definition) is 1. The zero-order valence-electron chi connectivity index (χ0n) is 15.0. The summed E-state index contributed by atoms with van der Waals surface area (Å²) in [4.78, 5) is 25.6. The molecular weight excluding hydrogens is 406 g/mol. The summed E-state index contributed by atoms with van der Waals surface area (Å²) < 4.78 is 0. The van der Waals surface area contributed by atoms with E-state index in [4.69, 9.17) is 0 Å². The van der Waals surface area contributed by atoms with Crippen LogP contribution in [0.3, 0.4) is 0 Å². The predicted octanol–water partition coefficient (Wildman–Crippen LogP) is 4.91. The van der Waals surface area contributed by atoms with Crippen LogP contribution in [0.25, 0.3) is 11.1 Å². The van der Waals surface area contributed by atoms with Crippen LogP contribution in [0.15, 0.2) is 48.5 Å². The fourth-order valence-corrected chi connectivity index (χ4v) is 5.17. The van der Waals surface area contributed by atoms with Crippen molar-refractivity contribution in [2.75, 3.05) is 11.9 Å². The molecule has 0 aromatic heterocycles. The van der Waals surface area contributed by atoms with Gasteiger partial charge in [0.25, 0.3) is 0 Å². The molecule has 140 valence electrons. The van der Waals surface area contributed by atoms with Crippen molar-refractivity contribution in [1.29, 1.82) is 0 Å². The number of ketones is 1. The highest BCUT2D eigenvalue weighted by molar-refractivity contribution is 9.09. The van der Waals surface area contributed by atoms with Crippen molar-refractivity contribution in [2.24, 2.45) is 5.92 Å². The monoisotopic (exact) mass is 427 g/mol. The first-order valence-corrected chi connectivity index (χ1v) is 10.5. The molecule has 4 rings (SSSR count). The van der Waals surface area contributed by atoms with Crippen molar-refractivity contribution >= 4 is 27.8 Å². The maximum atomic E-state index is 12.2. The van der Waals surface area contributed by atoms with Gasteiger partial charge in [-0.2, -0.15) is 0 Å². The lowest BCUT2D eigenvalue weighted by atomic mass is 9.81. The van der Waals surface area contributed by atoms with Crippen molar-refractivity contribution in [3.05, 3.63) is 59.7 Å². The summed E-state index contributed by atoms with van der Waals surface area (Å²) in [5.41, 5.74) is 5.00. The molecule has 0 spiro atoms. The van der Waals surface area contributed by atoms with Gasteiger partial charge in [0.05, 0.1) is 5.33 Å². The van der Waals surface area contributed by atoms with Crippen molar-refractivity contribution in [2.45, 2.75) is 31.2 Å². The van der Waals surface area contributed by atoms with Crippen molar-refractivity contribution in [3.8, 4) is 11.1 Å². The number of Topliss-reactive ketones (excluding diaryl/α,β-unsaturated/α-hetero) is 1. The molecule has 0 radical (unpaired) electrons. The van der Waals surface area contributed by atoms with Gasteiger partial charge in [0.2, 0.25) is 0 Å². The van der Waals surface area contributed by atoms with Gasteiger partial charge in [-0.05, 0) is 41.5 Å². The molecule has 5 heteroatoms. The molecule has 2 aromatic carbocycles. The third-order valence-electron chi connectivity index (χ3n) is 6.02. The van der Waals surface area contributed by atoms with Crippen LogP contribution in [0.5, 0.6) is 0 Å². The molecule has 1 aliphatic carbocycles. The second-order valence-electron chi connectivity index (χ2n) is 7.41. The summed E-state index contributed by atoms with van der Waals surface area (Å²) in [5, 5.41) is 10.0. The van der Waals surface area contributed by atoms with E-state index in [0.29, 0.717) is 31.1 Å². The van der Waals surface area contributed by atoms with Gasteiger partial charge in [-0.1, -0.05) is 64.5 Å². The average molecular weight is 428 g/mol. The van der Waals surface area contributed by atoms with E-state index in [-0.39, 0.29) is 23.7 Å². The Morgan fingerprint density at radius 3 is 2.19 bits per heavy atom. The Labute approximate surface area is 167 Å². The molecule has 2 aromatic rings. The minimum Gasteiger partial charge on any atom is -0.465 e. The number of carboxylic acid groups (broad SMARTS) is 1. The molecule has 1 amide bonds. The maximum absolute atomic E-state index is 12.2. The summed E-state index contributed by atoms with van der Waals surface area (Å²) in [6.07, 6.45) is 1.05. The van der Waals surface area contributed by atoms with E-state index in [1.165, 1.54) is 22.3 Å². The van der Waals surface area contributed by atoms with Crippen LogP contribution in [0.2, 0.25) is 0 Å². The number of carbonyl (C=O) groups excluding carboxylic acids is 1. The Balaban J connectivity index is 1.66. The third kappa shape index (κ3) is 3.29. The largest absolute Gasteiger partial charge is 0.465 e. The fourth-order valence-electron chi connectivity index (χ4n) is 4.71. The van der Waals surface area contributed by atoms with E-state index in [2.05, 4.69) is 40.2 Å². The fraction of sp³-hybridized carbons (Fsp3) is 0.364. The minimum absolute atomic E-state index is 0.0585. The van der Waals surface area contributed by atoms with E-state index in [9.17, 15) is 14.7 Å². The number of piperidine rings is 1. The number of fused-ring (bicyclic) bond motifs is 3. The van der Waals surface area contributed by atoms with Crippen LogP contribution >= 0.6 is 15.9 Å². The Bertz CT molecular complexity index is 836. The van der Waals surface area contributed by atoms with Crippen molar-refractivity contribution in [3.63, 3.8) is 0 Å². The Morgan fingerprint density at radius 2 is 1.63 bits per heavy atom. The number of alkyl halides is 1. The van der Waals surface area contributed by atoms with E-state index in [1.807, 2.05) is 24.3 Å². The minimum atomic E-state index is -0.885. The lowest BCUT2D eigenvalue weighted by Crippen LogP contribution is -2.47. The van der Waals surface area contributed by atoms with Crippen LogP contribution in [-0.4, -0.2) is 39.8 Å². The quantitative estimate of drug-likeness (QED) is 0.704. The molecule has 0 bridgehead atoms. The highest BCUT2D eigenvalue weighted by atomic mass is 79.9. The van der Waals surface area contributed by atoms with E-state index in [1.54, 1.807) is 4.90 Å². The smallest absolute Gasteiger partial charge is 0.407 e. The van der Waals surface area contributed by atoms with Gasteiger partial charge in [0.15, 0.2) is 0 Å². The lowest BCUT2D eigenvalue weighted by molar-refractivity contribution is -0.122. The first kappa shape index (κ1) is 18.2. The molecule has 2 aliphatic rings. The van der Waals surface area contributed by atoms with Crippen molar-refractivity contribution < 1.29 is 14.7 Å². The summed E-state index contributed by atoms with van der Waals surface area (Å²) in [7, 11) is 0. The Morgan fingerprint density at radius 1 is 1.04 bits per heavy atom. The van der Waals surface area contributed by atoms with Crippen molar-refractivity contribution in [1.82, 2.24) is 4.90 Å². The van der Waals surface area contributed by atoms with Crippen LogP contribution < -0.4 is 0 Å². The first-order valence-electron chi connectivity index (χ1n) is 9.36. The number of carbonyl (C=O) groups is 2. The maximum Gasteiger partial charge on any atom is 0.407 e. The Hall–Kier alpha value is -2.14. The molecule has 2 unspecified atom stereocenters. The highest BCUT2D eigenvalue weighted by Gasteiger charge is 2.38. The highest BCUT2D eigenvalue weighted by Crippen LogP contribution is 2.47. The predicted molar refractivity (Wildman–Crippen MR) is 108 cm³/mol. The van der Waals surface area contributed by atoms with Gasteiger partial charge in [-0.3, -0.25) is 4.79 Å². The van der Waals surface area contributed by atoms with Gasteiger partial charge in [0.1, 0.15) is 5.78 Å². The topological polar surface area (TPSA) is 57.6 Å². The van der Waals surface area contributed by atoms with E-state index >= 15 is 0 Å². The molecular formula is C22H22BrNO3. The van der Waals surface area contributed by atoms with Gasteiger partial charge in [0, 0.05) is 24.4 Å².